The van der Waals surface area contributed by atoms with Crippen LogP contribution in [0, 0.1) is 5.92 Å². The van der Waals surface area contributed by atoms with Crippen LogP contribution in [0.2, 0.25) is 0 Å². The zero-order valence-corrected chi connectivity index (χ0v) is 17.7. The van der Waals surface area contributed by atoms with Crippen LogP contribution < -0.4 is 15.0 Å². The minimum atomic E-state index is -0.167. The Morgan fingerprint density at radius 1 is 1.41 bits per heavy atom. The number of hydrogen-bond acceptors (Lipinski definition) is 7. The van der Waals surface area contributed by atoms with Crippen LogP contribution in [0.25, 0.3) is 10.2 Å². The van der Waals surface area contributed by atoms with Crippen molar-refractivity contribution in [1.29, 1.82) is 0 Å². The molecule has 2 amide bonds. The topological polar surface area (TPSA) is 87.2 Å². The molecule has 2 heterocycles. The molecule has 1 aromatic heterocycles. The van der Waals surface area contributed by atoms with Crippen molar-refractivity contribution in [1.82, 2.24) is 9.88 Å². The minimum absolute atomic E-state index is 0.153. The van der Waals surface area contributed by atoms with Crippen molar-refractivity contribution >= 4 is 38.4 Å². The third-order valence-corrected chi connectivity index (χ3v) is 6.90. The number of amides is 2. The van der Waals surface area contributed by atoms with Gasteiger partial charge in [0.1, 0.15) is 11.3 Å². The molecule has 0 unspecified atom stereocenters. The Morgan fingerprint density at radius 2 is 2.21 bits per heavy atom. The number of anilines is 2. The number of benzene rings is 1. The first-order valence-electron chi connectivity index (χ1n) is 10.1. The normalized spacial score (nSPS) is 22.1. The number of nitrogens with one attached hydrogen (secondary N) is 1. The molecule has 2 fully saturated rings. The number of nitrogens with zero attached hydrogens (tertiary/aromatic N) is 3. The molecular formula is C20H28N4O4S. The highest BCUT2D eigenvalue weighted by atomic mass is 32.1. The molecule has 0 spiro atoms. The molecule has 2 atom stereocenters. The zero-order chi connectivity index (χ0) is 20.4. The maximum Gasteiger partial charge on any atom is 0.323 e. The summed E-state index contributed by atoms with van der Waals surface area (Å²) in [5.74, 6) is 0.988. The predicted octanol–water partition coefficient (Wildman–Crippen LogP) is 2.77. The lowest BCUT2D eigenvalue weighted by Gasteiger charge is -2.29. The van der Waals surface area contributed by atoms with Gasteiger partial charge in [-0.2, -0.15) is 0 Å². The van der Waals surface area contributed by atoms with Crippen LogP contribution in [0.5, 0.6) is 5.75 Å². The van der Waals surface area contributed by atoms with Crippen LogP contribution in [-0.4, -0.2) is 74.1 Å². The molecule has 0 bridgehead atoms. The molecular weight excluding hydrogens is 392 g/mol. The number of carbonyl (C=O) groups is 1. The van der Waals surface area contributed by atoms with Gasteiger partial charge in [-0.3, -0.25) is 5.32 Å². The number of aliphatic hydroxyl groups is 1. The number of hydrogen-bond donors (Lipinski definition) is 2. The fourth-order valence-corrected chi connectivity index (χ4v) is 5.17. The third-order valence-electron chi connectivity index (χ3n) is 5.91. The number of thiazole rings is 1. The van der Waals surface area contributed by atoms with E-state index in [1.54, 1.807) is 12.0 Å². The fourth-order valence-electron chi connectivity index (χ4n) is 4.15. The summed E-state index contributed by atoms with van der Waals surface area (Å²) in [5.41, 5.74) is 1.86. The van der Waals surface area contributed by atoms with Gasteiger partial charge in [0, 0.05) is 32.8 Å². The van der Waals surface area contributed by atoms with E-state index in [9.17, 15) is 9.90 Å². The van der Waals surface area contributed by atoms with Crippen LogP contribution in [-0.2, 0) is 4.74 Å². The number of fused-ring (bicyclic) bond motifs is 1. The van der Waals surface area contributed by atoms with Crippen LogP contribution in [0.4, 0.5) is 15.6 Å². The highest BCUT2D eigenvalue weighted by Gasteiger charge is 2.30. The van der Waals surface area contributed by atoms with E-state index < -0.39 is 0 Å². The fraction of sp³-hybridized carbons (Fsp3) is 0.600. The van der Waals surface area contributed by atoms with Gasteiger partial charge < -0.3 is 24.4 Å². The van der Waals surface area contributed by atoms with E-state index in [-0.39, 0.29) is 24.6 Å². The Labute approximate surface area is 174 Å². The Bertz CT molecular complexity index is 868. The summed E-state index contributed by atoms with van der Waals surface area (Å²) in [6.07, 6.45) is 2.72. The standard InChI is InChI=1S/C20H28N4O4S/c1-23(14-4-3-13(11-14)12-25)20(26)22-19-21-17-16(27-2)6-5-15(18(17)29-19)24-7-9-28-10-8-24/h5-6,13-14,25H,3-4,7-12H2,1-2H3,(H,21,22,26)/t13-,14+/m1/s1. The summed E-state index contributed by atoms with van der Waals surface area (Å²) < 4.78 is 12.0. The second-order valence-electron chi connectivity index (χ2n) is 7.64. The van der Waals surface area contributed by atoms with Crippen molar-refractivity contribution in [3.63, 3.8) is 0 Å². The van der Waals surface area contributed by atoms with E-state index in [1.165, 1.54) is 11.3 Å². The molecule has 29 heavy (non-hydrogen) atoms. The molecule has 1 aromatic carbocycles. The highest BCUT2D eigenvalue weighted by Crippen LogP contribution is 2.40. The van der Waals surface area contributed by atoms with E-state index in [4.69, 9.17) is 9.47 Å². The summed E-state index contributed by atoms with van der Waals surface area (Å²) in [6.45, 7) is 3.26. The molecule has 2 aliphatic rings. The van der Waals surface area contributed by atoms with Crippen LogP contribution in [0.1, 0.15) is 19.3 Å². The smallest absolute Gasteiger partial charge is 0.323 e. The second-order valence-corrected chi connectivity index (χ2v) is 8.64. The molecule has 158 valence electrons. The minimum Gasteiger partial charge on any atom is -0.494 e. The van der Waals surface area contributed by atoms with Crippen LogP contribution in [0.15, 0.2) is 12.1 Å². The molecule has 2 N–H and O–H groups in total. The van der Waals surface area contributed by atoms with Crippen molar-refractivity contribution in [2.45, 2.75) is 25.3 Å². The molecule has 0 radical (unpaired) electrons. The van der Waals surface area contributed by atoms with Crippen molar-refractivity contribution < 1.29 is 19.4 Å². The first kappa shape index (κ1) is 20.2. The molecule has 8 nitrogen and oxygen atoms in total. The van der Waals surface area contributed by atoms with Gasteiger partial charge >= 0.3 is 6.03 Å². The number of aromatic nitrogens is 1. The van der Waals surface area contributed by atoms with Crippen molar-refractivity contribution in [3.05, 3.63) is 12.1 Å². The van der Waals surface area contributed by atoms with E-state index in [2.05, 4.69) is 21.3 Å². The molecule has 1 aliphatic heterocycles. The Balaban J connectivity index is 1.55. The number of methoxy groups -OCH3 is 1. The second kappa shape index (κ2) is 8.73. The molecule has 1 aliphatic carbocycles. The van der Waals surface area contributed by atoms with Gasteiger partial charge in [0.2, 0.25) is 0 Å². The van der Waals surface area contributed by atoms with Gasteiger partial charge in [-0.25, -0.2) is 9.78 Å². The average Bonchev–Trinajstić information content (AvgIpc) is 3.40. The van der Waals surface area contributed by atoms with Crippen molar-refractivity contribution in [3.8, 4) is 5.75 Å². The van der Waals surface area contributed by atoms with Crippen molar-refractivity contribution in [2.75, 3.05) is 57.3 Å². The number of ether oxygens (including phenoxy) is 2. The monoisotopic (exact) mass is 420 g/mol. The lowest BCUT2D eigenvalue weighted by molar-refractivity contribution is 0.123. The van der Waals surface area contributed by atoms with Crippen molar-refractivity contribution in [2.24, 2.45) is 5.92 Å². The first-order valence-corrected chi connectivity index (χ1v) is 10.9. The van der Waals surface area contributed by atoms with Gasteiger partial charge in [0.15, 0.2) is 5.13 Å². The third kappa shape index (κ3) is 4.12. The van der Waals surface area contributed by atoms with Gasteiger partial charge in [-0.15, -0.1) is 0 Å². The maximum atomic E-state index is 12.8. The maximum absolute atomic E-state index is 12.8. The zero-order valence-electron chi connectivity index (χ0n) is 16.9. The largest absolute Gasteiger partial charge is 0.494 e. The van der Waals surface area contributed by atoms with Crippen LogP contribution >= 0.6 is 11.3 Å². The lowest BCUT2D eigenvalue weighted by atomic mass is 10.1. The summed E-state index contributed by atoms with van der Waals surface area (Å²) in [7, 11) is 3.44. The number of carbonyl (C=O) groups excluding carboxylic acids is 1. The first-order chi connectivity index (χ1) is 14.1. The number of urea groups is 1. The van der Waals surface area contributed by atoms with E-state index in [1.807, 2.05) is 13.1 Å². The average molecular weight is 421 g/mol. The lowest BCUT2D eigenvalue weighted by Crippen LogP contribution is -2.38. The highest BCUT2D eigenvalue weighted by molar-refractivity contribution is 7.23. The summed E-state index contributed by atoms with van der Waals surface area (Å²) in [5, 5.41) is 12.9. The Kier molecular flexibility index (Phi) is 6.07. The predicted molar refractivity (Wildman–Crippen MR) is 114 cm³/mol. The molecule has 2 aromatic rings. The van der Waals surface area contributed by atoms with E-state index in [0.717, 1.165) is 48.3 Å². The van der Waals surface area contributed by atoms with E-state index in [0.29, 0.717) is 24.1 Å². The Hall–Kier alpha value is -2.10. The molecule has 9 heteroatoms. The van der Waals surface area contributed by atoms with Crippen LogP contribution in [0.3, 0.4) is 0 Å². The van der Waals surface area contributed by atoms with E-state index >= 15 is 0 Å². The summed E-state index contributed by atoms with van der Waals surface area (Å²) in [4.78, 5) is 21.5. The van der Waals surface area contributed by atoms with Gasteiger partial charge in [-0.05, 0) is 37.3 Å². The summed E-state index contributed by atoms with van der Waals surface area (Å²) in [6, 6.07) is 3.97. The van der Waals surface area contributed by atoms with Gasteiger partial charge in [0.05, 0.1) is 30.7 Å². The SMILES string of the molecule is COc1ccc(N2CCOCC2)c2sc(NC(=O)N(C)[C@H]3CC[C@@H](CO)C3)nc12. The van der Waals surface area contributed by atoms with Gasteiger partial charge in [0.25, 0.3) is 0 Å². The molecule has 4 rings (SSSR count). The number of morpholine rings is 1. The quantitative estimate of drug-likeness (QED) is 0.774. The molecule has 1 saturated carbocycles. The Morgan fingerprint density at radius 3 is 2.90 bits per heavy atom. The number of rotatable bonds is 5. The summed E-state index contributed by atoms with van der Waals surface area (Å²) >= 11 is 1.47. The number of aliphatic hydroxyl groups excluding tert-OH is 1. The van der Waals surface area contributed by atoms with Gasteiger partial charge in [-0.1, -0.05) is 11.3 Å². The molecule has 1 saturated heterocycles.